The Hall–Kier alpha value is -2.39. The lowest BCUT2D eigenvalue weighted by atomic mass is 9.77. The molecule has 9 heteroatoms. The third-order valence-corrected chi connectivity index (χ3v) is 7.35. The van der Waals surface area contributed by atoms with E-state index in [9.17, 15) is 22.4 Å². The van der Waals surface area contributed by atoms with Crippen LogP contribution in [0.2, 0.25) is 0 Å². The van der Waals surface area contributed by atoms with E-state index in [0.29, 0.717) is 19.0 Å². The molecule has 0 fully saturated rings. The summed E-state index contributed by atoms with van der Waals surface area (Å²) in [5, 5.41) is 5.73. The number of carbonyl (C=O) groups excluding carboxylic acids is 1. The fraction of sp³-hybridized carbons (Fsp3) is 0.364. The molecule has 0 unspecified atom stereocenters. The van der Waals surface area contributed by atoms with Crippen LogP contribution >= 0.6 is 11.8 Å². The van der Waals surface area contributed by atoms with Gasteiger partial charge >= 0.3 is 6.18 Å². The standard InChI is InChI=1S/C22H21F4N3OS/c1-13(30)29-21(15(10-11-27)7-6-14-4-2-3-5-18(14)21)31-20(28-29)17-12-16(22(24,25)26)8-9-19(17)23/h2-5,8-9,12,15H,6-7,10-11,27H2,1H3/t15-,21-/m0/s1. The zero-order valence-electron chi connectivity index (χ0n) is 16.7. The Kier molecular flexibility index (Phi) is 5.59. The number of nitrogens with zero attached hydrogens (tertiary/aromatic N) is 2. The number of thioether (sulfide) groups is 1. The lowest BCUT2D eigenvalue weighted by molar-refractivity contribution is -0.137. The molecule has 31 heavy (non-hydrogen) atoms. The van der Waals surface area contributed by atoms with Crippen LogP contribution in [0.3, 0.4) is 0 Å². The molecule has 1 aliphatic carbocycles. The number of aryl methyl sites for hydroxylation is 1. The molecule has 0 radical (unpaired) electrons. The highest BCUT2D eigenvalue weighted by Gasteiger charge is 2.55. The molecule has 2 aromatic carbocycles. The van der Waals surface area contributed by atoms with Gasteiger partial charge < -0.3 is 5.73 Å². The summed E-state index contributed by atoms with van der Waals surface area (Å²) in [5.74, 6) is -1.27. The van der Waals surface area contributed by atoms with Gasteiger partial charge in [0.1, 0.15) is 15.7 Å². The van der Waals surface area contributed by atoms with E-state index in [1.165, 1.54) is 11.9 Å². The molecule has 4 nitrogen and oxygen atoms in total. The summed E-state index contributed by atoms with van der Waals surface area (Å²) < 4.78 is 54.4. The molecule has 4 rings (SSSR count). The third kappa shape index (κ3) is 3.63. The van der Waals surface area contributed by atoms with E-state index >= 15 is 0 Å². The normalized spacial score (nSPS) is 23.1. The van der Waals surface area contributed by atoms with Gasteiger partial charge in [-0.1, -0.05) is 36.0 Å². The average Bonchev–Trinajstić information content (AvgIpc) is 3.11. The van der Waals surface area contributed by atoms with Crippen LogP contribution in [-0.4, -0.2) is 22.5 Å². The van der Waals surface area contributed by atoms with E-state index in [1.54, 1.807) is 0 Å². The van der Waals surface area contributed by atoms with E-state index in [1.807, 2.05) is 24.3 Å². The quantitative estimate of drug-likeness (QED) is 0.678. The van der Waals surface area contributed by atoms with Crippen molar-refractivity contribution in [3.05, 3.63) is 70.5 Å². The number of fused-ring (bicyclic) bond motifs is 2. The lowest BCUT2D eigenvalue weighted by Gasteiger charge is -2.45. The van der Waals surface area contributed by atoms with Gasteiger partial charge in [0.05, 0.1) is 5.56 Å². The van der Waals surface area contributed by atoms with Crippen molar-refractivity contribution in [2.75, 3.05) is 6.54 Å². The Bertz CT molecular complexity index is 1060. The molecule has 2 aliphatic rings. The Morgan fingerprint density at radius 3 is 2.71 bits per heavy atom. The van der Waals surface area contributed by atoms with Gasteiger partial charge in [-0.15, -0.1) is 0 Å². The molecule has 2 aromatic rings. The number of halogens is 4. The number of rotatable bonds is 3. The Morgan fingerprint density at radius 1 is 1.29 bits per heavy atom. The molecule has 0 bridgehead atoms. The lowest BCUT2D eigenvalue weighted by Crippen LogP contribution is -2.49. The van der Waals surface area contributed by atoms with Crippen LogP contribution in [0.5, 0.6) is 0 Å². The molecule has 0 aromatic heterocycles. The summed E-state index contributed by atoms with van der Waals surface area (Å²) in [4.78, 5) is 11.7. The first-order valence-corrected chi connectivity index (χ1v) is 10.7. The highest BCUT2D eigenvalue weighted by Crippen LogP contribution is 2.57. The second kappa shape index (κ2) is 7.94. The van der Waals surface area contributed by atoms with E-state index in [0.717, 1.165) is 47.9 Å². The summed E-state index contributed by atoms with van der Waals surface area (Å²) in [6.07, 6.45) is -2.50. The van der Waals surface area contributed by atoms with Gasteiger partial charge in [-0.05, 0) is 61.1 Å². The molecule has 164 valence electrons. The Labute approximate surface area is 181 Å². The number of benzene rings is 2. The van der Waals surface area contributed by atoms with Gasteiger partial charge in [-0.3, -0.25) is 4.79 Å². The van der Waals surface area contributed by atoms with Gasteiger partial charge in [0.2, 0.25) is 5.91 Å². The van der Waals surface area contributed by atoms with Gasteiger partial charge in [-0.2, -0.15) is 18.3 Å². The zero-order valence-corrected chi connectivity index (χ0v) is 17.6. The number of alkyl halides is 3. The molecule has 0 saturated heterocycles. The van der Waals surface area contributed by atoms with Crippen molar-refractivity contribution in [2.24, 2.45) is 16.8 Å². The second-order valence-corrected chi connectivity index (χ2v) is 8.91. The summed E-state index contributed by atoms with van der Waals surface area (Å²) in [6.45, 7) is 1.74. The molecule has 1 amide bonds. The smallest absolute Gasteiger partial charge is 0.330 e. The first-order valence-electron chi connectivity index (χ1n) is 9.92. The van der Waals surface area contributed by atoms with E-state index in [2.05, 4.69) is 5.10 Å². The van der Waals surface area contributed by atoms with Crippen LogP contribution in [0.1, 0.15) is 42.0 Å². The minimum atomic E-state index is -4.62. The van der Waals surface area contributed by atoms with Crippen LogP contribution in [0.15, 0.2) is 47.6 Å². The fourth-order valence-corrected chi connectivity index (χ4v) is 6.11. The fourth-order valence-electron chi connectivity index (χ4n) is 4.45. The summed E-state index contributed by atoms with van der Waals surface area (Å²) >= 11 is 1.14. The largest absolute Gasteiger partial charge is 0.416 e. The van der Waals surface area contributed by atoms with Crippen molar-refractivity contribution in [1.29, 1.82) is 0 Å². The highest BCUT2D eigenvalue weighted by atomic mass is 32.2. The van der Waals surface area contributed by atoms with Crippen LogP contribution < -0.4 is 5.73 Å². The molecular formula is C22H21F4N3OS. The summed E-state index contributed by atoms with van der Waals surface area (Å²) in [7, 11) is 0. The van der Waals surface area contributed by atoms with Crippen molar-refractivity contribution >= 4 is 22.7 Å². The third-order valence-electron chi connectivity index (χ3n) is 5.81. The van der Waals surface area contributed by atoms with Crippen LogP contribution in [0.25, 0.3) is 0 Å². The molecule has 0 saturated carbocycles. The maximum absolute atomic E-state index is 14.6. The molecule has 2 N–H and O–H groups in total. The minimum Gasteiger partial charge on any atom is -0.330 e. The average molecular weight is 451 g/mol. The number of hydrogen-bond acceptors (Lipinski definition) is 4. The topological polar surface area (TPSA) is 58.7 Å². The maximum Gasteiger partial charge on any atom is 0.416 e. The van der Waals surface area contributed by atoms with Crippen molar-refractivity contribution in [1.82, 2.24) is 5.01 Å². The van der Waals surface area contributed by atoms with E-state index in [-0.39, 0.29) is 22.4 Å². The predicted octanol–water partition coefficient (Wildman–Crippen LogP) is 4.87. The van der Waals surface area contributed by atoms with Crippen molar-refractivity contribution < 1.29 is 22.4 Å². The Morgan fingerprint density at radius 2 is 2.03 bits per heavy atom. The SMILES string of the molecule is CC(=O)N1N=C(c2cc(C(F)(F)F)ccc2F)S[C@@]12c1ccccc1CC[C@H]2CCN. The first kappa shape index (κ1) is 21.8. The van der Waals surface area contributed by atoms with Crippen LogP contribution in [0.4, 0.5) is 17.6 Å². The van der Waals surface area contributed by atoms with Crippen LogP contribution in [-0.2, 0) is 22.3 Å². The Balaban J connectivity index is 1.88. The van der Waals surface area contributed by atoms with Crippen molar-refractivity contribution in [3.8, 4) is 0 Å². The monoisotopic (exact) mass is 451 g/mol. The number of carbonyl (C=O) groups is 1. The van der Waals surface area contributed by atoms with Gasteiger partial charge in [0.25, 0.3) is 0 Å². The molecular weight excluding hydrogens is 430 g/mol. The first-order chi connectivity index (χ1) is 14.7. The summed E-state index contributed by atoms with van der Waals surface area (Å²) in [5.41, 5.74) is 6.52. The second-order valence-electron chi connectivity index (χ2n) is 7.70. The predicted molar refractivity (Wildman–Crippen MR) is 112 cm³/mol. The number of hydrazone groups is 1. The molecule has 1 spiro atoms. The van der Waals surface area contributed by atoms with Crippen LogP contribution in [0, 0.1) is 11.7 Å². The maximum atomic E-state index is 14.6. The van der Waals surface area contributed by atoms with Gasteiger partial charge in [-0.25, -0.2) is 9.40 Å². The minimum absolute atomic E-state index is 0.0533. The van der Waals surface area contributed by atoms with Gasteiger partial charge in [0.15, 0.2) is 0 Å². The van der Waals surface area contributed by atoms with E-state index < -0.39 is 22.4 Å². The molecule has 1 aliphatic heterocycles. The number of amides is 1. The van der Waals surface area contributed by atoms with Gasteiger partial charge in [0, 0.05) is 12.5 Å². The van der Waals surface area contributed by atoms with Crippen molar-refractivity contribution in [2.45, 2.75) is 37.2 Å². The summed E-state index contributed by atoms with van der Waals surface area (Å²) in [6, 6.07) is 9.88. The van der Waals surface area contributed by atoms with Crippen molar-refractivity contribution in [3.63, 3.8) is 0 Å². The number of hydrogen-bond donors (Lipinski definition) is 1. The number of nitrogens with two attached hydrogens (primary N) is 1. The zero-order chi connectivity index (χ0) is 22.4. The van der Waals surface area contributed by atoms with E-state index in [4.69, 9.17) is 5.73 Å². The highest BCUT2D eigenvalue weighted by molar-refractivity contribution is 8.15. The molecule has 2 atom stereocenters. The molecule has 1 heterocycles.